The molecular weight excluding hydrogens is 428 g/mol. The molecule has 0 aliphatic heterocycles. The summed E-state index contributed by atoms with van der Waals surface area (Å²) in [7, 11) is 0. The van der Waals surface area contributed by atoms with E-state index in [1.54, 1.807) is 0 Å². The van der Waals surface area contributed by atoms with E-state index in [9.17, 15) is 10.2 Å². The second-order valence-corrected chi connectivity index (χ2v) is 15.9. The molecule has 0 amide bonds. The van der Waals surface area contributed by atoms with E-state index >= 15 is 0 Å². The molecule has 0 heterocycles. The zero-order valence-electron chi connectivity index (χ0n) is 24.1. The molecule has 5 fully saturated rings. The highest BCUT2D eigenvalue weighted by Gasteiger charge is 2.61. The smallest absolute Gasteiger partial charge is 0.0648 e. The lowest BCUT2D eigenvalue weighted by Crippen LogP contribution is -2.56. The van der Waals surface area contributed by atoms with E-state index in [2.05, 4.69) is 41.5 Å². The van der Waals surface area contributed by atoms with Crippen LogP contribution in [0.1, 0.15) is 138 Å². The molecule has 0 aromatic rings. The van der Waals surface area contributed by atoms with Crippen LogP contribution in [0.2, 0.25) is 0 Å². The summed E-state index contributed by atoms with van der Waals surface area (Å²) in [6.07, 6.45) is 18.7. The van der Waals surface area contributed by atoms with Gasteiger partial charge < -0.3 is 10.2 Å². The van der Waals surface area contributed by atoms with Crippen LogP contribution in [-0.4, -0.2) is 21.9 Å². The predicted octanol–water partition coefficient (Wildman–Crippen LogP) is 8.39. The summed E-state index contributed by atoms with van der Waals surface area (Å²) in [4.78, 5) is 0. The van der Waals surface area contributed by atoms with Crippen molar-refractivity contribution >= 4 is 0 Å². The Labute approximate surface area is 217 Å². The minimum atomic E-state index is -0.391. The zero-order chi connectivity index (χ0) is 25.2. The topological polar surface area (TPSA) is 40.5 Å². The number of fused-ring (bicyclic) bond motifs is 5. The minimum Gasteiger partial charge on any atom is -0.393 e. The van der Waals surface area contributed by atoms with Crippen molar-refractivity contribution in [2.24, 2.45) is 57.7 Å². The van der Waals surface area contributed by atoms with E-state index in [1.807, 2.05) is 0 Å². The molecule has 0 spiro atoms. The fraction of sp³-hybridized carbons (Fsp3) is 1.00. The Morgan fingerprint density at radius 1 is 0.771 bits per heavy atom. The van der Waals surface area contributed by atoms with Gasteiger partial charge >= 0.3 is 0 Å². The maximum absolute atomic E-state index is 11.4. The molecule has 5 aliphatic rings. The Hall–Kier alpha value is -0.0800. The summed E-state index contributed by atoms with van der Waals surface area (Å²) < 4.78 is 0. The lowest BCUT2D eigenvalue weighted by Gasteiger charge is -2.62. The van der Waals surface area contributed by atoms with Crippen LogP contribution < -0.4 is 0 Å². The molecule has 5 saturated carbocycles. The van der Waals surface area contributed by atoms with Crippen molar-refractivity contribution in [3.05, 3.63) is 0 Å². The fourth-order valence-electron chi connectivity index (χ4n) is 11.1. The number of aliphatic hydroxyl groups excluding tert-OH is 1. The SMILES string of the molecule is CC[C@]1(O)CC[C@@]2(C)[C@@H](CCC3[C@@H]4CC[C@H]([C@H](C)[C@@H](O)CC5CCC(C)(C)CC5)C4(C)CC[C@@H]32)C1. The van der Waals surface area contributed by atoms with Crippen molar-refractivity contribution in [3.63, 3.8) is 0 Å². The van der Waals surface area contributed by atoms with Crippen LogP contribution in [0.15, 0.2) is 0 Å². The molecule has 0 aromatic heterocycles. The normalized spacial score (nSPS) is 49.5. The Bertz CT molecular complexity index is 750. The molecule has 5 rings (SSSR count). The Balaban J connectivity index is 1.25. The molecule has 10 atom stereocenters. The maximum Gasteiger partial charge on any atom is 0.0648 e. The van der Waals surface area contributed by atoms with Crippen molar-refractivity contribution in [3.8, 4) is 0 Å². The Kier molecular flexibility index (Phi) is 7.04. The van der Waals surface area contributed by atoms with Crippen LogP contribution in [0.5, 0.6) is 0 Å². The van der Waals surface area contributed by atoms with Crippen molar-refractivity contribution in [2.75, 3.05) is 0 Å². The monoisotopic (exact) mass is 486 g/mol. The lowest BCUT2D eigenvalue weighted by molar-refractivity contribution is -0.154. The standard InChI is InChI=1S/C33H58O2/c1-7-33(35)19-18-31(5)24(21-33)8-9-25-27-11-10-26(32(27,6)17-14-28(25)31)22(2)29(34)20-23-12-15-30(3,4)16-13-23/h22-29,34-35H,7-21H2,1-6H3/t22-,24-,25?,26+,27-,28-,29-,31-,32?,33-/m0/s1. The third-order valence-corrected chi connectivity index (χ3v) is 13.8. The van der Waals surface area contributed by atoms with Gasteiger partial charge in [-0.25, -0.2) is 0 Å². The third-order valence-electron chi connectivity index (χ3n) is 13.8. The molecule has 5 aliphatic carbocycles. The summed E-state index contributed by atoms with van der Waals surface area (Å²) in [5.74, 6) is 5.22. The predicted molar refractivity (Wildman–Crippen MR) is 146 cm³/mol. The van der Waals surface area contributed by atoms with Gasteiger partial charge in [-0.05, 0) is 154 Å². The van der Waals surface area contributed by atoms with Gasteiger partial charge in [-0.3, -0.25) is 0 Å². The molecule has 2 heteroatoms. The van der Waals surface area contributed by atoms with Crippen molar-refractivity contribution in [1.29, 1.82) is 0 Å². The quantitative estimate of drug-likeness (QED) is 0.409. The van der Waals surface area contributed by atoms with E-state index in [-0.39, 0.29) is 6.10 Å². The second-order valence-electron chi connectivity index (χ2n) is 15.9. The molecule has 202 valence electrons. The highest BCUT2D eigenvalue weighted by molar-refractivity contribution is 5.11. The van der Waals surface area contributed by atoms with Gasteiger partial charge in [0.15, 0.2) is 0 Å². The molecule has 0 aromatic carbocycles. The summed E-state index contributed by atoms with van der Waals surface area (Å²) in [6, 6.07) is 0. The van der Waals surface area contributed by atoms with Crippen LogP contribution in [0.4, 0.5) is 0 Å². The number of aliphatic hydroxyl groups is 2. The van der Waals surface area contributed by atoms with E-state index in [1.165, 1.54) is 70.6 Å². The van der Waals surface area contributed by atoms with Crippen molar-refractivity contribution in [2.45, 2.75) is 150 Å². The Morgan fingerprint density at radius 3 is 2.14 bits per heavy atom. The summed E-state index contributed by atoms with van der Waals surface area (Å²) >= 11 is 0. The van der Waals surface area contributed by atoms with Crippen LogP contribution >= 0.6 is 0 Å². The van der Waals surface area contributed by atoms with E-state index in [0.717, 1.165) is 55.3 Å². The number of hydrogen-bond donors (Lipinski definition) is 2. The van der Waals surface area contributed by atoms with Crippen molar-refractivity contribution in [1.82, 2.24) is 0 Å². The highest BCUT2D eigenvalue weighted by Crippen LogP contribution is 2.69. The zero-order valence-corrected chi connectivity index (χ0v) is 24.1. The van der Waals surface area contributed by atoms with E-state index in [0.29, 0.717) is 28.1 Å². The van der Waals surface area contributed by atoms with Gasteiger partial charge in [-0.2, -0.15) is 0 Å². The minimum absolute atomic E-state index is 0.113. The molecule has 0 bridgehead atoms. The molecule has 2 nitrogen and oxygen atoms in total. The van der Waals surface area contributed by atoms with Gasteiger partial charge in [0.05, 0.1) is 11.7 Å². The summed E-state index contributed by atoms with van der Waals surface area (Å²) in [5.41, 5.74) is 1.00. The van der Waals surface area contributed by atoms with Gasteiger partial charge in [0, 0.05) is 0 Å². The Morgan fingerprint density at radius 2 is 1.46 bits per heavy atom. The third kappa shape index (κ3) is 4.57. The maximum atomic E-state index is 11.4. The van der Waals surface area contributed by atoms with Crippen LogP contribution in [0.25, 0.3) is 0 Å². The first kappa shape index (κ1) is 26.5. The highest BCUT2D eigenvalue weighted by atomic mass is 16.3. The lowest BCUT2D eigenvalue weighted by atomic mass is 9.43. The molecule has 35 heavy (non-hydrogen) atoms. The summed E-state index contributed by atoms with van der Waals surface area (Å²) in [6.45, 7) is 14.7. The van der Waals surface area contributed by atoms with E-state index in [4.69, 9.17) is 0 Å². The molecule has 0 saturated heterocycles. The van der Waals surface area contributed by atoms with Crippen molar-refractivity contribution < 1.29 is 10.2 Å². The first-order chi connectivity index (χ1) is 16.4. The van der Waals surface area contributed by atoms with Gasteiger partial charge in [-0.1, -0.05) is 41.5 Å². The molecular formula is C33H58O2. The summed E-state index contributed by atoms with van der Waals surface area (Å²) in [5, 5.41) is 22.5. The fourth-order valence-corrected chi connectivity index (χ4v) is 11.1. The number of rotatable bonds is 5. The van der Waals surface area contributed by atoms with E-state index < -0.39 is 5.60 Å². The average molecular weight is 487 g/mol. The van der Waals surface area contributed by atoms with Gasteiger partial charge in [-0.15, -0.1) is 0 Å². The first-order valence-corrected chi connectivity index (χ1v) is 15.8. The van der Waals surface area contributed by atoms with Crippen LogP contribution in [-0.2, 0) is 0 Å². The first-order valence-electron chi connectivity index (χ1n) is 15.8. The second kappa shape index (κ2) is 9.29. The molecule has 0 radical (unpaired) electrons. The average Bonchev–Trinajstić information content (AvgIpc) is 3.17. The largest absolute Gasteiger partial charge is 0.393 e. The van der Waals surface area contributed by atoms with Crippen LogP contribution in [0, 0.1) is 57.7 Å². The number of hydrogen-bond acceptors (Lipinski definition) is 2. The van der Waals surface area contributed by atoms with Gasteiger partial charge in [0.2, 0.25) is 0 Å². The van der Waals surface area contributed by atoms with Gasteiger partial charge in [0.1, 0.15) is 0 Å². The van der Waals surface area contributed by atoms with Gasteiger partial charge in [0.25, 0.3) is 0 Å². The molecule has 2 N–H and O–H groups in total. The molecule has 2 unspecified atom stereocenters. The van der Waals surface area contributed by atoms with Crippen LogP contribution in [0.3, 0.4) is 0 Å².